The number of hydrogen-bond donors (Lipinski definition) is 4. The van der Waals surface area contributed by atoms with Crippen LogP contribution >= 0.6 is 0 Å². The van der Waals surface area contributed by atoms with Gasteiger partial charge in [0.2, 0.25) is 5.91 Å². The molecular formula is C12H21N3O5. The number of urea groups is 1. The maximum atomic E-state index is 11.9. The minimum Gasteiger partial charge on any atom is -0.480 e. The van der Waals surface area contributed by atoms with Crippen molar-refractivity contribution in [2.45, 2.75) is 50.8 Å². The van der Waals surface area contributed by atoms with Crippen LogP contribution in [0, 0.1) is 0 Å². The van der Waals surface area contributed by atoms with Gasteiger partial charge in [0.25, 0.3) is 0 Å². The van der Waals surface area contributed by atoms with Gasteiger partial charge in [0.05, 0.1) is 11.6 Å². The molecule has 0 bridgehead atoms. The number of rotatable bonds is 6. The molecular weight excluding hydrogens is 266 g/mol. The Balaban J connectivity index is 2.53. The monoisotopic (exact) mass is 287 g/mol. The summed E-state index contributed by atoms with van der Waals surface area (Å²) >= 11 is 0. The van der Waals surface area contributed by atoms with Crippen LogP contribution in [0.4, 0.5) is 4.79 Å². The molecule has 8 heteroatoms. The number of aliphatic carboxylic acids is 1. The van der Waals surface area contributed by atoms with Crippen molar-refractivity contribution in [1.82, 2.24) is 10.6 Å². The molecule has 1 aliphatic rings. The Hall–Kier alpha value is -1.83. The van der Waals surface area contributed by atoms with E-state index in [4.69, 9.17) is 15.6 Å². The second kappa shape index (κ2) is 6.56. The highest BCUT2D eigenvalue weighted by atomic mass is 16.5. The van der Waals surface area contributed by atoms with E-state index in [1.54, 1.807) is 0 Å². The number of carbonyl (C=O) groups is 3. The summed E-state index contributed by atoms with van der Waals surface area (Å²) in [6.45, 7) is 4.22. The van der Waals surface area contributed by atoms with Crippen LogP contribution < -0.4 is 16.4 Å². The van der Waals surface area contributed by atoms with Crippen molar-refractivity contribution < 1.29 is 24.2 Å². The van der Waals surface area contributed by atoms with E-state index in [0.29, 0.717) is 13.0 Å². The molecule has 5 N–H and O–H groups in total. The number of carbonyl (C=O) groups excluding carboxylic acids is 2. The molecule has 0 aliphatic carbocycles. The predicted molar refractivity (Wildman–Crippen MR) is 70.0 cm³/mol. The van der Waals surface area contributed by atoms with Crippen LogP contribution in [0.2, 0.25) is 0 Å². The van der Waals surface area contributed by atoms with Gasteiger partial charge in [-0.25, -0.2) is 9.59 Å². The summed E-state index contributed by atoms with van der Waals surface area (Å²) in [6.07, 6.45) is 0.359. The number of nitrogens with one attached hydrogen (secondary N) is 2. The van der Waals surface area contributed by atoms with E-state index in [9.17, 15) is 14.4 Å². The quantitative estimate of drug-likeness (QED) is 0.526. The molecule has 0 spiro atoms. The van der Waals surface area contributed by atoms with Crippen LogP contribution in [0.15, 0.2) is 0 Å². The van der Waals surface area contributed by atoms with Gasteiger partial charge in [0.15, 0.2) is 0 Å². The zero-order valence-electron chi connectivity index (χ0n) is 11.6. The summed E-state index contributed by atoms with van der Waals surface area (Å²) in [5.41, 5.74) is 4.44. The Bertz CT molecular complexity index is 401. The van der Waals surface area contributed by atoms with Crippen LogP contribution in [0.25, 0.3) is 0 Å². The Kier molecular flexibility index (Phi) is 5.32. The third-order valence-corrected chi connectivity index (χ3v) is 3.57. The Labute approximate surface area is 117 Å². The van der Waals surface area contributed by atoms with E-state index in [1.165, 1.54) is 0 Å². The fourth-order valence-corrected chi connectivity index (χ4v) is 2.00. The summed E-state index contributed by atoms with van der Waals surface area (Å²) in [4.78, 5) is 33.5. The summed E-state index contributed by atoms with van der Waals surface area (Å²) < 4.78 is 5.38. The molecule has 0 aromatic carbocycles. The van der Waals surface area contributed by atoms with E-state index in [0.717, 1.165) is 0 Å². The highest BCUT2D eigenvalue weighted by Gasteiger charge is 2.38. The highest BCUT2D eigenvalue weighted by molar-refractivity contribution is 5.83. The van der Waals surface area contributed by atoms with Crippen molar-refractivity contribution in [1.29, 1.82) is 0 Å². The molecule has 3 amide bonds. The fraction of sp³-hybridized carbons (Fsp3) is 0.750. The summed E-state index contributed by atoms with van der Waals surface area (Å²) in [5, 5.41) is 14.0. The number of hydrogen-bond acceptors (Lipinski definition) is 4. The molecule has 1 saturated heterocycles. The van der Waals surface area contributed by atoms with E-state index in [-0.39, 0.29) is 18.9 Å². The maximum absolute atomic E-state index is 11.9. The van der Waals surface area contributed by atoms with Gasteiger partial charge >= 0.3 is 12.0 Å². The first-order valence-corrected chi connectivity index (χ1v) is 6.46. The molecule has 1 aliphatic heterocycles. The first kappa shape index (κ1) is 16.2. The van der Waals surface area contributed by atoms with E-state index in [1.807, 2.05) is 13.8 Å². The van der Waals surface area contributed by atoms with Crippen LogP contribution in [-0.2, 0) is 14.3 Å². The number of ether oxygens (including phenoxy) is 1. The van der Waals surface area contributed by atoms with Crippen LogP contribution in [0.3, 0.4) is 0 Å². The van der Waals surface area contributed by atoms with E-state index in [2.05, 4.69) is 10.6 Å². The predicted octanol–water partition coefficient (Wildman–Crippen LogP) is -0.428. The van der Waals surface area contributed by atoms with Gasteiger partial charge in [-0.2, -0.15) is 0 Å². The third-order valence-electron chi connectivity index (χ3n) is 3.57. The van der Waals surface area contributed by atoms with Crippen LogP contribution in [-0.4, -0.2) is 47.3 Å². The van der Waals surface area contributed by atoms with Crippen molar-refractivity contribution in [3.8, 4) is 0 Å². The topological polar surface area (TPSA) is 131 Å². The number of carboxylic acid groups (broad SMARTS) is 1. The molecule has 0 aromatic rings. The van der Waals surface area contributed by atoms with Crippen LogP contribution in [0.5, 0.6) is 0 Å². The van der Waals surface area contributed by atoms with Crippen molar-refractivity contribution >= 4 is 17.9 Å². The molecule has 114 valence electrons. The molecule has 1 fully saturated rings. The summed E-state index contributed by atoms with van der Waals surface area (Å²) in [7, 11) is 0. The SMILES string of the molecule is CC1OCCC1(C)NC(=O)NC(CCC(N)=O)C(=O)O. The van der Waals surface area contributed by atoms with Gasteiger partial charge in [0.1, 0.15) is 6.04 Å². The smallest absolute Gasteiger partial charge is 0.326 e. The molecule has 0 aromatic heterocycles. The molecule has 8 nitrogen and oxygen atoms in total. The molecule has 3 unspecified atom stereocenters. The van der Waals surface area contributed by atoms with Gasteiger partial charge < -0.3 is 26.2 Å². The highest BCUT2D eigenvalue weighted by Crippen LogP contribution is 2.24. The lowest BCUT2D eigenvalue weighted by atomic mass is 9.95. The second-order valence-corrected chi connectivity index (χ2v) is 5.17. The number of amides is 3. The third kappa shape index (κ3) is 4.37. The fourth-order valence-electron chi connectivity index (χ4n) is 2.00. The van der Waals surface area contributed by atoms with Crippen molar-refractivity contribution in [2.24, 2.45) is 5.73 Å². The summed E-state index contributed by atoms with van der Waals surface area (Å²) in [6, 6.07) is -1.74. The summed E-state index contributed by atoms with van der Waals surface area (Å²) in [5.74, 6) is -1.81. The van der Waals surface area contributed by atoms with Gasteiger partial charge in [-0.15, -0.1) is 0 Å². The molecule has 0 radical (unpaired) electrons. The second-order valence-electron chi connectivity index (χ2n) is 5.17. The molecule has 20 heavy (non-hydrogen) atoms. The molecule has 3 atom stereocenters. The Morgan fingerprint density at radius 2 is 2.15 bits per heavy atom. The molecule has 1 rings (SSSR count). The first-order chi connectivity index (χ1) is 9.24. The van der Waals surface area contributed by atoms with Gasteiger partial charge in [-0.3, -0.25) is 4.79 Å². The lowest BCUT2D eigenvalue weighted by Crippen LogP contribution is -2.56. The van der Waals surface area contributed by atoms with Gasteiger partial charge in [-0.1, -0.05) is 0 Å². The molecule has 0 saturated carbocycles. The van der Waals surface area contributed by atoms with Gasteiger partial charge in [0, 0.05) is 13.0 Å². The van der Waals surface area contributed by atoms with Gasteiger partial charge in [-0.05, 0) is 26.7 Å². The van der Waals surface area contributed by atoms with Crippen molar-refractivity contribution in [3.05, 3.63) is 0 Å². The van der Waals surface area contributed by atoms with E-state index < -0.39 is 29.5 Å². The zero-order valence-corrected chi connectivity index (χ0v) is 11.6. The largest absolute Gasteiger partial charge is 0.480 e. The average molecular weight is 287 g/mol. The minimum absolute atomic E-state index is 0.0408. The lowest BCUT2D eigenvalue weighted by Gasteiger charge is -2.29. The average Bonchev–Trinajstić information content (AvgIpc) is 2.64. The zero-order chi connectivity index (χ0) is 15.3. The Morgan fingerprint density at radius 3 is 2.60 bits per heavy atom. The normalized spacial score (nSPS) is 26.8. The number of primary amides is 1. The lowest BCUT2D eigenvalue weighted by molar-refractivity contribution is -0.139. The van der Waals surface area contributed by atoms with Crippen LogP contribution in [0.1, 0.15) is 33.1 Å². The standard InChI is InChI=1S/C12H21N3O5/c1-7-12(2,5-6-20-7)15-11(19)14-8(10(17)18)3-4-9(13)16/h7-8H,3-6H2,1-2H3,(H2,13,16)(H,17,18)(H2,14,15,19). The first-order valence-electron chi connectivity index (χ1n) is 6.46. The van der Waals surface area contributed by atoms with Crippen molar-refractivity contribution in [3.63, 3.8) is 0 Å². The van der Waals surface area contributed by atoms with Crippen molar-refractivity contribution in [2.75, 3.05) is 6.61 Å². The van der Waals surface area contributed by atoms with E-state index >= 15 is 0 Å². The molecule has 1 heterocycles. The minimum atomic E-state index is -1.21. The maximum Gasteiger partial charge on any atom is 0.326 e. The number of nitrogens with two attached hydrogens (primary N) is 1. The number of carboxylic acids is 1. The Morgan fingerprint density at radius 1 is 1.50 bits per heavy atom.